The van der Waals surface area contributed by atoms with Gasteiger partial charge in [-0.15, -0.1) is 0 Å². The SMILES string of the molecule is CC1=NC(=O)CCCN1NC(=S)c1ccccc1. The quantitative estimate of drug-likeness (QED) is 0.826. The molecule has 1 heterocycles. The van der Waals surface area contributed by atoms with Crippen molar-refractivity contribution >= 4 is 28.9 Å². The van der Waals surface area contributed by atoms with Gasteiger partial charge < -0.3 is 0 Å². The Morgan fingerprint density at radius 2 is 2.11 bits per heavy atom. The molecule has 1 amide bonds. The van der Waals surface area contributed by atoms with Crippen LogP contribution in [0, 0.1) is 0 Å². The standard InChI is InChI=1S/C13H15N3OS/c1-10-14-12(17)8-5-9-16(10)15-13(18)11-6-3-2-4-7-11/h2-4,6-7H,5,8-9H2,1H3,(H,15,18). The van der Waals surface area contributed by atoms with Crippen LogP contribution in [-0.2, 0) is 4.79 Å². The molecule has 0 aromatic heterocycles. The molecular weight excluding hydrogens is 246 g/mol. The molecule has 0 aliphatic carbocycles. The van der Waals surface area contributed by atoms with Crippen molar-refractivity contribution < 1.29 is 4.79 Å². The highest BCUT2D eigenvalue weighted by molar-refractivity contribution is 7.80. The first-order chi connectivity index (χ1) is 8.66. The maximum atomic E-state index is 11.3. The zero-order chi connectivity index (χ0) is 13.0. The number of amides is 1. The van der Waals surface area contributed by atoms with Crippen LogP contribution in [0.1, 0.15) is 25.3 Å². The van der Waals surface area contributed by atoms with Crippen LogP contribution in [0.5, 0.6) is 0 Å². The predicted octanol–water partition coefficient (Wildman–Crippen LogP) is 1.91. The van der Waals surface area contributed by atoms with Crippen molar-refractivity contribution in [2.45, 2.75) is 19.8 Å². The summed E-state index contributed by atoms with van der Waals surface area (Å²) in [6.45, 7) is 2.54. The second-order valence-corrected chi connectivity index (χ2v) is 4.52. The summed E-state index contributed by atoms with van der Waals surface area (Å²) in [6.07, 6.45) is 1.28. The third-order valence-electron chi connectivity index (χ3n) is 2.72. The van der Waals surface area contributed by atoms with E-state index in [0.717, 1.165) is 18.5 Å². The van der Waals surface area contributed by atoms with Gasteiger partial charge in [0, 0.05) is 18.5 Å². The van der Waals surface area contributed by atoms with Gasteiger partial charge in [0.2, 0.25) is 5.91 Å². The summed E-state index contributed by atoms with van der Waals surface area (Å²) in [5.74, 6) is 0.596. The minimum absolute atomic E-state index is 0.0672. The lowest BCUT2D eigenvalue weighted by Crippen LogP contribution is -2.44. The van der Waals surface area contributed by atoms with Gasteiger partial charge in [-0.3, -0.25) is 15.2 Å². The molecule has 5 heteroatoms. The molecule has 1 aromatic rings. The summed E-state index contributed by atoms with van der Waals surface area (Å²) in [6, 6.07) is 9.73. The third kappa shape index (κ3) is 3.13. The normalized spacial score (nSPS) is 15.9. The number of rotatable bonds is 2. The van der Waals surface area contributed by atoms with E-state index in [2.05, 4.69) is 10.4 Å². The smallest absolute Gasteiger partial charge is 0.247 e. The van der Waals surface area contributed by atoms with E-state index in [1.165, 1.54) is 0 Å². The molecular formula is C13H15N3OS. The van der Waals surface area contributed by atoms with Gasteiger partial charge in [-0.05, 0) is 13.3 Å². The molecule has 2 rings (SSSR count). The summed E-state index contributed by atoms with van der Waals surface area (Å²) >= 11 is 5.34. The lowest BCUT2D eigenvalue weighted by Gasteiger charge is -2.24. The summed E-state index contributed by atoms with van der Waals surface area (Å²) in [7, 11) is 0. The highest BCUT2D eigenvalue weighted by Crippen LogP contribution is 2.05. The fraction of sp³-hybridized carbons (Fsp3) is 0.308. The number of amidine groups is 1. The van der Waals surface area contributed by atoms with E-state index in [1.807, 2.05) is 42.3 Å². The number of thiocarbonyl (C=S) groups is 1. The molecule has 1 aromatic carbocycles. The molecule has 0 fully saturated rings. The van der Waals surface area contributed by atoms with Crippen LogP contribution in [0.4, 0.5) is 0 Å². The first-order valence-corrected chi connectivity index (χ1v) is 6.29. The first-order valence-electron chi connectivity index (χ1n) is 5.88. The number of carbonyl (C=O) groups is 1. The van der Waals surface area contributed by atoms with Gasteiger partial charge in [0.15, 0.2) is 0 Å². The average Bonchev–Trinajstić information content (AvgIpc) is 2.52. The fourth-order valence-electron chi connectivity index (χ4n) is 1.76. The zero-order valence-corrected chi connectivity index (χ0v) is 11.0. The van der Waals surface area contributed by atoms with Crippen molar-refractivity contribution in [3.05, 3.63) is 35.9 Å². The van der Waals surface area contributed by atoms with Crippen LogP contribution in [-0.4, -0.2) is 28.3 Å². The topological polar surface area (TPSA) is 44.7 Å². The number of hydrogen-bond donors (Lipinski definition) is 1. The lowest BCUT2D eigenvalue weighted by molar-refractivity contribution is -0.117. The predicted molar refractivity (Wildman–Crippen MR) is 75.3 cm³/mol. The molecule has 1 aliphatic heterocycles. The second kappa shape index (κ2) is 5.73. The Kier molecular flexibility index (Phi) is 4.04. The van der Waals surface area contributed by atoms with E-state index in [9.17, 15) is 4.79 Å². The molecule has 1 aliphatic rings. The van der Waals surface area contributed by atoms with Crippen molar-refractivity contribution in [2.24, 2.45) is 4.99 Å². The van der Waals surface area contributed by atoms with Crippen LogP contribution < -0.4 is 5.43 Å². The lowest BCUT2D eigenvalue weighted by atomic mass is 10.2. The number of nitrogens with zero attached hydrogens (tertiary/aromatic N) is 2. The Labute approximate surface area is 112 Å². The Morgan fingerprint density at radius 3 is 2.83 bits per heavy atom. The van der Waals surface area contributed by atoms with E-state index < -0.39 is 0 Å². The largest absolute Gasteiger partial charge is 0.286 e. The van der Waals surface area contributed by atoms with Gasteiger partial charge in [0.25, 0.3) is 0 Å². The molecule has 4 nitrogen and oxygen atoms in total. The molecule has 0 bridgehead atoms. The highest BCUT2D eigenvalue weighted by atomic mass is 32.1. The molecule has 94 valence electrons. The molecule has 0 saturated heterocycles. The molecule has 18 heavy (non-hydrogen) atoms. The Hall–Kier alpha value is -1.75. The number of benzene rings is 1. The molecule has 0 atom stereocenters. The summed E-state index contributed by atoms with van der Waals surface area (Å²) in [5.41, 5.74) is 4.08. The molecule has 0 radical (unpaired) electrons. The van der Waals surface area contributed by atoms with Crippen LogP contribution in [0.15, 0.2) is 35.3 Å². The Bertz CT molecular complexity index is 484. The highest BCUT2D eigenvalue weighted by Gasteiger charge is 2.15. The zero-order valence-electron chi connectivity index (χ0n) is 10.2. The van der Waals surface area contributed by atoms with Crippen LogP contribution >= 0.6 is 12.2 Å². The van der Waals surface area contributed by atoms with E-state index in [4.69, 9.17) is 12.2 Å². The van der Waals surface area contributed by atoms with Gasteiger partial charge in [0.1, 0.15) is 10.8 Å². The van der Waals surface area contributed by atoms with Gasteiger partial charge >= 0.3 is 0 Å². The summed E-state index contributed by atoms with van der Waals surface area (Å²) in [4.78, 5) is 15.9. The summed E-state index contributed by atoms with van der Waals surface area (Å²) in [5, 5.41) is 1.83. The molecule has 0 spiro atoms. The maximum Gasteiger partial charge on any atom is 0.247 e. The number of hydrogen-bond acceptors (Lipinski definition) is 3. The van der Waals surface area contributed by atoms with Gasteiger partial charge in [-0.2, -0.15) is 4.99 Å². The second-order valence-electron chi connectivity index (χ2n) is 4.11. The summed E-state index contributed by atoms with van der Waals surface area (Å²) < 4.78 is 0. The first kappa shape index (κ1) is 12.7. The van der Waals surface area contributed by atoms with Crippen molar-refractivity contribution in [1.29, 1.82) is 0 Å². The van der Waals surface area contributed by atoms with Crippen molar-refractivity contribution in [1.82, 2.24) is 10.4 Å². The van der Waals surface area contributed by atoms with Gasteiger partial charge in [0.05, 0.1) is 0 Å². The monoisotopic (exact) mass is 261 g/mol. The molecule has 0 saturated carbocycles. The minimum Gasteiger partial charge on any atom is -0.286 e. The fourth-order valence-corrected chi connectivity index (χ4v) is 2.01. The van der Waals surface area contributed by atoms with Crippen molar-refractivity contribution in [2.75, 3.05) is 6.54 Å². The van der Waals surface area contributed by atoms with Crippen molar-refractivity contribution in [3.8, 4) is 0 Å². The van der Waals surface area contributed by atoms with Gasteiger partial charge in [-0.1, -0.05) is 42.5 Å². The number of hydrazine groups is 1. The number of nitrogens with one attached hydrogen (secondary N) is 1. The van der Waals surface area contributed by atoms with E-state index >= 15 is 0 Å². The number of aliphatic imine (C=N–C) groups is 1. The van der Waals surface area contributed by atoms with Crippen molar-refractivity contribution in [3.63, 3.8) is 0 Å². The van der Waals surface area contributed by atoms with E-state index in [0.29, 0.717) is 17.2 Å². The van der Waals surface area contributed by atoms with E-state index in [-0.39, 0.29) is 5.91 Å². The third-order valence-corrected chi connectivity index (χ3v) is 3.05. The average molecular weight is 261 g/mol. The number of carbonyl (C=O) groups excluding carboxylic acids is 1. The van der Waals surface area contributed by atoms with Gasteiger partial charge in [-0.25, -0.2) is 0 Å². The van der Waals surface area contributed by atoms with Crippen LogP contribution in [0.25, 0.3) is 0 Å². The minimum atomic E-state index is -0.0672. The maximum absolute atomic E-state index is 11.3. The molecule has 1 N–H and O–H groups in total. The van der Waals surface area contributed by atoms with Crippen LogP contribution in [0.2, 0.25) is 0 Å². The Balaban J connectivity index is 2.07. The molecule has 0 unspecified atom stereocenters. The van der Waals surface area contributed by atoms with Crippen LogP contribution in [0.3, 0.4) is 0 Å². The Morgan fingerprint density at radius 1 is 1.39 bits per heavy atom. The van der Waals surface area contributed by atoms with E-state index in [1.54, 1.807) is 0 Å².